The summed E-state index contributed by atoms with van der Waals surface area (Å²) in [6, 6.07) is 1.99. The van der Waals surface area contributed by atoms with Gasteiger partial charge in [-0.15, -0.1) is 0 Å². The number of aromatic nitrogens is 1. The molecule has 2 rings (SSSR count). The van der Waals surface area contributed by atoms with Crippen molar-refractivity contribution in [3.63, 3.8) is 0 Å². The number of ether oxygens (including phenoxy) is 1. The van der Waals surface area contributed by atoms with E-state index in [9.17, 15) is 13.6 Å². The molecule has 1 saturated carbocycles. The number of rotatable bonds is 3. The van der Waals surface area contributed by atoms with Crippen molar-refractivity contribution in [1.82, 2.24) is 10.3 Å². The number of halogens is 2. The first-order valence-electron chi connectivity index (χ1n) is 5.03. The zero-order valence-electron chi connectivity index (χ0n) is 8.69. The molecule has 0 unspecified atom stereocenters. The maximum absolute atomic E-state index is 13.1. The number of amides is 1. The van der Waals surface area contributed by atoms with Gasteiger partial charge in [-0.05, 0) is 12.1 Å². The van der Waals surface area contributed by atoms with Gasteiger partial charge in [0, 0.05) is 18.9 Å². The molecule has 1 aliphatic carbocycles. The van der Waals surface area contributed by atoms with E-state index in [1.165, 1.54) is 0 Å². The van der Waals surface area contributed by atoms with Gasteiger partial charge in [0.25, 0.3) is 5.95 Å². The molecule has 0 aromatic carbocycles. The summed E-state index contributed by atoms with van der Waals surface area (Å²) in [4.78, 5) is 13.3. The van der Waals surface area contributed by atoms with E-state index in [-0.39, 0.29) is 17.9 Å². The van der Waals surface area contributed by atoms with Gasteiger partial charge in [0.1, 0.15) is 6.10 Å². The molecule has 0 atom stereocenters. The lowest BCUT2D eigenvalue weighted by Crippen LogP contribution is -2.48. The van der Waals surface area contributed by atoms with Crippen LogP contribution in [0, 0.1) is 11.9 Å². The molecular weight excluding hydrogens is 234 g/mol. The lowest BCUT2D eigenvalue weighted by atomic mass is 9.89. The minimum absolute atomic E-state index is 0.120. The first-order valence-corrected chi connectivity index (χ1v) is 5.03. The zero-order chi connectivity index (χ0) is 12.4. The maximum atomic E-state index is 13.1. The molecule has 2 N–H and O–H groups in total. The van der Waals surface area contributed by atoms with E-state index in [1.807, 2.05) is 0 Å². The van der Waals surface area contributed by atoms with E-state index in [4.69, 9.17) is 9.84 Å². The highest BCUT2D eigenvalue weighted by Crippen LogP contribution is 2.27. The van der Waals surface area contributed by atoms with E-state index >= 15 is 0 Å². The monoisotopic (exact) mass is 244 g/mol. The van der Waals surface area contributed by atoms with Crippen molar-refractivity contribution in [2.24, 2.45) is 0 Å². The minimum atomic E-state index is -1.09. The molecule has 0 bridgehead atoms. The van der Waals surface area contributed by atoms with E-state index in [0.29, 0.717) is 12.8 Å². The molecular formula is C10H10F2N2O3. The highest BCUT2D eigenvalue weighted by atomic mass is 19.1. The topological polar surface area (TPSA) is 71.5 Å². The second-order valence-corrected chi connectivity index (χ2v) is 3.78. The Kier molecular flexibility index (Phi) is 3.08. The lowest BCUT2D eigenvalue weighted by molar-refractivity contribution is 0.0785. The Bertz CT molecular complexity index is 436. The van der Waals surface area contributed by atoms with Gasteiger partial charge in [0.05, 0.1) is 0 Å². The van der Waals surface area contributed by atoms with Crippen molar-refractivity contribution in [2.45, 2.75) is 25.0 Å². The average molecular weight is 244 g/mol. The Morgan fingerprint density at radius 3 is 2.76 bits per heavy atom. The maximum Gasteiger partial charge on any atom is 0.404 e. The summed E-state index contributed by atoms with van der Waals surface area (Å²) in [6.07, 6.45) is -0.441. The van der Waals surface area contributed by atoms with E-state index in [2.05, 4.69) is 10.3 Å². The number of hydrogen-bond donors (Lipinski definition) is 2. The van der Waals surface area contributed by atoms with Crippen LogP contribution >= 0.6 is 0 Å². The van der Waals surface area contributed by atoms with Crippen LogP contribution in [-0.4, -0.2) is 28.3 Å². The van der Waals surface area contributed by atoms with Crippen LogP contribution in [0.15, 0.2) is 12.1 Å². The second-order valence-electron chi connectivity index (χ2n) is 3.78. The average Bonchev–Trinajstić information content (AvgIpc) is 2.17. The van der Waals surface area contributed by atoms with Gasteiger partial charge in [0.2, 0.25) is 5.95 Å². The van der Waals surface area contributed by atoms with Crippen LogP contribution in [0.4, 0.5) is 13.6 Å². The number of nitrogens with zero attached hydrogens (tertiary/aromatic N) is 1. The van der Waals surface area contributed by atoms with Gasteiger partial charge < -0.3 is 15.2 Å². The molecule has 5 nitrogen and oxygen atoms in total. The molecule has 0 aliphatic heterocycles. The van der Waals surface area contributed by atoms with Crippen LogP contribution < -0.4 is 10.1 Å². The smallest absolute Gasteiger partial charge is 0.404 e. The highest BCUT2D eigenvalue weighted by Gasteiger charge is 2.32. The zero-order valence-corrected chi connectivity index (χ0v) is 8.69. The predicted molar refractivity (Wildman–Crippen MR) is 52.8 cm³/mol. The Labute approximate surface area is 95.4 Å². The Morgan fingerprint density at radius 2 is 2.18 bits per heavy atom. The summed E-state index contributed by atoms with van der Waals surface area (Å²) < 4.78 is 30.8. The molecule has 0 saturated heterocycles. The van der Waals surface area contributed by atoms with Gasteiger partial charge in [-0.25, -0.2) is 4.79 Å². The van der Waals surface area contributed by atoms with Crippen LogP contribution in [-0.2, 0) is 0 Å². The van der Waals surface area contributed by atoms with Crippen LogP contribution in [0.25, 0.3) is 0 Å². The highest BCUT2D eigenvalue weighted by molar-refractivity contribution is 5.65. The van der Waals surface area contributed by atoms with Crippen molar-refractivity contribution < 1.29 is 23.4 Å². The Hall–Kier alpha value is -1.92. The third-order valence-corrected chi connectivity index (χ3v) is 2.50. The molecule has 92 valence electrons. The largest absolute Gasteiger partial charge is 0.485 e. The number of carboxylic acid groups (broad SMARTS) is 1. The van der Waals surface area contributed by atoms with Crippen molar-refractivity contribution in [3.05, 3.63) is 24.0 Å². The van der Waals surface area contributed by atoms with E-state index in [0.717, 1.165) is 12.1 Å². The summed E-state index contributed by atoms with van der Waals surface area (Å²) in [6.45, 7) is 0. The molecule has 0 spiro atoms. The molecule has 1 heterocycles. The molecule has 1 fully saturated rings. The molecule has 17 heavy (non-hydrogen) atoms. The standard InChI is InChI=1S/C10H10F2N2O3/c11-8-2-1-7(9(12)14-8)17-6-3-5(4-6)13-10(15)16/h1-2,5-6,13H,3-4H2,(H,15,16)/t5-,6-. The van der Waals surface area contributed by atoms with Crippen LogP contribution in [0.5, 0.6) is 5.75 Å². The van der Waals surface area contributed by atoms with E-state index in [1.54, 1.807) is 0 Å². The van der Waals surface area contributed by atoms with Crippen molar-refractivity contribution >= 4 is 6.09 Å². The first-order chi connectivity index (χ1) is 8.04. The van der Waals surface area contributed by atoms with Gasteiger partial charge in [0.15, 0.2) is 5.75 Å². The molecule has 1 aromatic heterocycles. The molecule has 7 heteroatoms. The number of hydrogen-bond acceptors (Lipinski definition) is 3. The van der Waals surface area contributed by atoms with E-state index < -0.39 is 18.0 Å². The summed E-state index contributed by atoms with van der Waals surface area (Å²) in [7, 11) is 0. The van der Waals surface area contributed by atoms with Crippen molar-refractivity contribution in [3.8, 4) is 5.75 Å². The Morgan fingerprint density at radius 1 is 1.47 bits per heavy atom. The number of carbonyl (C=O) groups is 1. The van der Waals surface area contributed by atoms with Crippen molar-refractivity contribution in [2.75, 3.05) is 0 Å². The van der Waals surface area contributed by atoms with Crippen LogP contribution in [0.3, 0.4) is 0 Å². The Balaban J connectivity index is 1.85. The lowest BCUT2D eigenvalue weighted by Gasteiger charge is -2.34. The van der Waals surface area contributed by atoms with Crippen molar-refractivity contribution in [1.29, 1.82) is 0 Å². The van der Waals surface area contributed by atoms with Gasteiger partial charge in [-0.2, -0.15) is 13.8 Å². The predicted octanol–water partition coefficient (Wildman–Crippen LogP) is 1.54. The fourth-order valence-electron chi connectivity index (χ4n) is 1.62. The van der Waals surface area contributed by atoms with Gasteiger partial charge in [-0.1, -0.05) is 0 Å². The van der Waals surface area contributed by atoms with Gasteiger partial charge >= 0.3 is 6.09 Å². The summed E-state index contributed by atoms with van der Waals surface area (Å²) in [5, 5.41) is 10.7. The minimum Gasteiger partial charge on any atom is -0.485 e. The molecule has 0 radical (unpaired) electrons. The van der Waals surface area contributed by atoms with Crippen LogP contribution in [0.1, 0.15) is 12.8 Å². The summed E-state index contributed by atoms with van der Waals surface area (Å²) in [5.41, 5.74) is 0. The third-order valence-electron chi connectivity index (χ3n) is 2.50. The first kappa shape index (κ1) is 11.6. The molecule has 1 aliphatic rings. The normalized spacial score (nSPS) is 22.7. The fraction of sp³-hybridized carbons (Fsp3) is 0.400. The summed E-state index contributed by atoms with van der Waals surface area (Å²) >= 11 is 0. The summed E-state index contributed by atoms with van der Waals surface area (Å²) in [5.74, 6) is -2.03. The second kappa shape index (κ2) is 4.52. The molecule has 1 aromatic rings. The quantitative estimate of drug-likeness (QED) is 0.791. The number of nitrogens with one attached hydrogen (secondary N) is 1. The SMILES string of the molecule is O=C(O)N[C@H]1C[C@H](Oc2ccc(F)nc2F)C1. The number of pyridine rings is 1. The third kappa shape index (κ3) is 2.80. The molecule has 1 amide bonds. The van der Waals surface area contributed by atoms with Crippen LogP contribution in [0.2, 0.25) is 0 Å². The fourth-order valence-corrected chi connectivity index (χ4v) is 1.62. The van der Waals surface area contributed by atoms with Gasteiger partial charge in [-0.3, -0.25) is 0 Å².